The largest absolute Gasteiger partial charge is 0.490 e. The van der Waals surface area contributed by atoms with Gasteiger partial charge in [-0.2, -0.15) is 0 Å². The molecule has 0 unspecified atom stereocenters. The minimum absolute atomic E-state index is 0.228. The van der Waals surface area contributed by atoms with Crippen molar-refractivity contribution in [3.05, 3.63) is 48.3 Å². The number of carboxylic acids is 1. The second-order valence-electron chi connectivity index (χ2n) is 6.11. The molecule has 0 bridgehead atoms. The number of aromatic nitrogens is 2. The van der Waals surface area contributed by atoms with Crippen LogP contribution >= 0.6 is 11.3 Å². The molecule has 7 nitrogen and oxygen atoms in total. The Balaban J connectivity index is 1.93. The molecule has 8 heteroatoms. The van der Waals surface area contributed by atoms with Crippen LogP contribution in [0.3, 0.4) is 0 Å². The summed E-state index contributed by atoms with van der Waals surface area (Å²) < 4.78 is 12.8. The number of anilines is 1. The lowest BCUT2D eigenvalue weighted by Crippen LogP contribution is -2.04. The smallest absolute Gasteiger partial charge is 0.335 e. The summed E-state index contributed by atoms with van der Waals surface area (Å²) in [6, 6.07) is 10.7. The lowest BCUT2D eigenvalue weighted by molar-refractivity contribution is 0.0697. The van der Waals surface area contributed by atoms with E-state index in [4.69, 9.17) is 15.2 Å². The van der Waals surface area contributed by atoms with Crippen LogP contribution in [-0.4, -0.2) is 41.4 Å². The summed E-state index contributed by atoms with van der Waals surface area (Å²) in [5, 5.41) is 10.2. The Kier molecular flexibility index (Phi) is 4.81. The van der Waals surface area contributed by atoms with Gasteiger partial charge in [0.15, 0.2) is 0 Å². The first-order valence-electron chi connectivity index (χ1n) is 8.50. The number of nitrogen functional groups attached to an aromatic ring is 1. The third-order valence-corrected chi connectivity index (χ3v) is 5.48. The summed E-state index contributed by atoms with van der Waals surface area (Å²) in [6.07, 6.45) is 1.44. The number of aromatic carboxylic acids is 1. The van der Waals surface area contributed by atoms with Crippen LogP contribution in [0.25, 0.3) is 31.4 Å². The molecule has 142 valence electrons. The highest BCUT2D eigenvalue weighted by atomic mass is 32.1. The zero-order valence-corrected chi connectivity index (χ0v) is 15.8. The van der Waals surface area contributed by atoms with Gasteiger partial charge in [-0.05, 0) is 35.4 Å². The van der Waals surface area contributed by atoms with Crippen molar-refractivity contribution >= 4 is 43.4 Å². The van der Waals surface area contributed by atoms with Crippen LogP contribution in [0.1, 0.15) is 10.4 Å². The minimum atomic E-state index is -0.968. The van der Waals surface area contributed by atoms with Crippen LogP contribution in [0.4, 0.5) is 5.82 Å². The standard InChI is InChI=1S/C20H17N3O4S/c1-26-5-6-27-14-8-13(11-3-2-4-12(7-11)20(24)25)9-15-16(14)17-18(28-15)19(21)23-10-22-17/h2-4,7-10H,5-6H2,1H3,(H,24,25)(H2,21,22,23). The molecule has 4 rings (SSSR count). The number of methoxy groups -OCH3 is 1. The first-order chi connectivity index (χ1) is 13.6. The van der Waals surface area contributed by atoms with Gasteiger partial charge in [0.1, 0.15) is 24.5 Å². The number of benzene rings is 2. The van der Waals surface area contributed by atoms with E-state index in [1.165, 1.54) is 17.7 Å². The molecule has 0 amide bonds. The molecule has 3 N–H and O–H groups in total. The predicted octanol–water partition coefficient (Wildman–Crippen LogP) is 3.82. The van der Waals surface area contributed by atoms with E-state index in [-0.39, 0.29) is 5.56 Å². The van der Waals surface area contributed by atoms with E-state index >= 15 is 0 Å². The molecule has 0 radical (unpaired) electrons. The van der Waals surface area contributed by atoms with E-state index in [1.807, 2.05) is 18.2 Å². The van der Waals surface area contributed by atoms with Gasteiger partial charge in [0.25, 0.3) is 0 Å². The number of ether oxygens (including phenoxy) is 2. The summed E-state index contributed by atoms with van der Waals surface area (Å²) in [5.41, 5.74) is 8.63. The highest BCUT2D eigenvalue weighted by Crippen LogP contribution is 2.42. The Morgan fingerprint density at radius 2 is 2.04 bits per heavy atom. The van der Waals surface area contributed by atoms with Gasteiger partial charge < -0.3 is 20.3 Å². The molecular weight excluding hydrogens is 378 g/mol. The summed E-state index contributed by atoms with van der Waals surface area (Å²) in [4.78, 5) is 19.8. The van der Waals surface area contributed by atoms with Crippen molar-refractivity contribution in [3.8, 4) is 16.9 Å². The molecule has 2 heterocycles. The van der Waals surface area contributed by atoms with E-state index < -0.39 is 5.97 Å². The van der Waals surface area contributed by atoms with Gasteiger partial charge in [0.2, 0.25) is 0 Å². The fraction of sp³-hybridized carbons (Fsp3) is 0.150. The van der Waals surface area contributed by atoms with Gasteiger partial charge >= 0.3 is 5.97 Å². The average molecular weight is 395 g/mol. The molecule has 0 atom stereocenters. The molecule has 0 saturated heterocycles. The van der Waals surface area contributed by atoms with Gasteiger partial charge in [-0.1, -0.05) is 12.1 Å². The van der Waals surface area contributed by atoms with Gasteiger partial charge in [0.05, 0.1) is 27.8 Å². The summed E-state index contributed by atoms with van der Waals surface area (Å²) in [7, 11) is 1.61. The molecule has 0 saturated carbocycles. The van der Waals surface area contributed by atoms with Crippen molar-refractivity contribution in [2.75, 3.05) is 26.1 Å². The summed E-state index contributed by atoms with van der Waals surface area (Å²) in [6.45, 7) is 0.821. The number of fused-ring (bicyclic) bond motifs is 3. The summed E-state index contributed by atoms with van der Waals surface area (Å²) in [5.74, 6) is 0.0995. The maximum absolute atomic E-state index is 11.3. The molecular formula is C20H17N3O4S. The van der Waals surface area contributed by atoms with Crippen LogP contribution < -0.4 is 10.5 Å². The lowest BCUT2D eigenvalue weighted by atomic mass is 10.0. The highest BCUT2D eigenvalue weighted by Gasteiger charge is 2.17. The van der Waals surface area contributed by atoms with E-state index in [0.29, 0.717) is 24.8 Å². The monoisotopic (exact) mass is 395 g/mol. The number of rotatable bonds is 6. The molecule has 0 aliphatic heterocycles. The second kappa shape index (κ2) is 7.41. The van der Waals surface area contributed by atoms with Crippen LogP contribution in [0.2, 0.25) is 0 Å². The molecule has 4 aromatic rings. The van der Waals surface area contributed by atoms with Crippen molar-refractivity contribution < 1.29 is 19.4 Å². The van der Waals surface area contributed by atoms with Gasteiger partial charge in [-0.25, -0.2) is 14.8 Å². The van der Waals surface area contributed by atoms with Gasteiger partial charge in [-0.15, -0.1) is 11.3 Å². The van der Waals surface area contributed by atoms with Crippen molar-refractivity contribution in [1.82, 2.24) is 9.97 Å². The highest BCUT2D eigenvalue weighted by molar-refractivity contribution is 7.26. The molecule has 0 fully saturated rings. The molecule has 2 aromatic heterocycles. The molecule has 0 aliphatic carbocycles. The quantitative estimate of drug-likeness (QED) is 0.478. The number of carbonyl (C=O) groups is 1. The molecule has 2 aromatic carbocycles. The van der Waals surface area contributed by atoms with Crippen LogP contribution in [0.5, 0.6) is 5.75 Å². The first-order valence-corrected chi connectivity index (χ1v) is 9.32. The average Bonchev–Trinajstić information content (AvgIpc) is 3.08. The van der Waals surface area contributed by atoms with Gasteiger partial charge in [-0.3, -0.25) is 0 Å². The fourth-order valence-electron chi connectivity index (χ4n) is 3.03. The van der Waals surface area contributed by atoms with Crippen molar-refractivity contribution in [1.29, 1.82) is 0 Å². The topological polar surface area (TPSA) is 108 Å². The SMILES string of the molecule is COCCOc1cc(-c2cccc(C(=O)O)c2)cc2sc3c(N)ncnc3c12. The zero-order chi connectivity index (χ0) is 19.7. The van der Waals surface area contributed by atoms with E-state index in [2.05, 4.69) is 9.97 Å². The number of hydrogen-bond donors (Lipinski definition) is 2. The van der Waals surface area contributed by atoms with E-state index in [1.54, 1.807) is 25.3 Å². The normalized spacial score (nSPS) is 11.2. The number of thiophene rings is 1. The zero-order valence-electron chi connectivity index (χ0n) is 15.0. The fourth-order valence-corrected chi connectivity index (χ4v) is 4.14. The van der Waals surface area contributed by atoms with Crippen molar-refractivity contribution in [3.63, 3.8) is 0 Å². The van der Waals surface area contributed by atoms with Crippen LogP contribution in [0.15, 0.2) is 42.7 Å². The van der Waals surface area contributed by atoms with Gasteiger partial charge in [0, 0.05) is 11.8 Å². The number of nitrogens with zero attached hydrogens (tertiary/aromatic N) is 2. The third kappa shape index (κ3) is 3.23. The van der Waals surface area contributed by atoms with E-state index in [0.717, 1.165) is 31.4 Å². The number of hydrogen-bond acceptors (Lipinski definition) is 7. The van der Waals surface area contributed by atoms with Crippen LogP contribution in [0, 0.1) is 0 Å². The van der Waals surface area contributed by atoms with Crippen molar-refractivity contribution in [2.45, 2.75) is 0 Å². The van der Waals surface area contributed by atoms with E-state index in [9.17, 15) is 9.90 Å². The van der Waals surface area contributed by atoms with Crippen molar-refractivity contribution in [2.24, 2.45) is 0 Å². The maximum atomic E-state index is 11.3. The molecule has 0 spiro atoms. The third-order valence-electron chi connectivity index (χ3n) is 4.33. The maximum Gasteiger partial charge on any atom is 0.335 e. The molecule has 0 aliphatic rings. The summed E-state index contributed by atoms with van der Waals surface area (Å²) >= 11 is 1.48. The Labute approximate surface area is 164 Å². The lowest BCUT2D eigenvalue weighted by Gasteiger charge is -2.11. The second-order valence-corrected chi connectivity index (χ2v) is 7.17. The first kappa shape index (κ1) is 18.1. The Morgan fingerprint density at radius 1 is 1.18 bits per heavy atom. The molecule has 28 heavy (non-hydrogen) atoms. The minimum Gasteiger partial charge on any atom is -0.490 e. The predicted molar refractivity (Wildman–Crippen MR) is 109 cm³/mol. The Morgan fingerprint density at radius 3 is 2.82 bits per heavy atom. The Bertz CT molecular complexity index is 1190. The van der Waals surface area contributed by atoms with Crippen LogP contribution in [-0.2, 0) is 4.74 Å². The number of nitrogens with two attached hydrogens (primary N) is 1. The Hall–Kier alpha value is -3.23. The number of carboxylic acid groups (broad SMARTS) is 1.